The predicted octanol–water partition coefficient (Wildman–Crippen LogP) is 1.32. The first-order valence-corrected chi connectivity index (χ1v) is 7.93. The van der Waals surface area contributed by atoms with E-state index in [2.05, 4.69) is 4.90 Å². The Kier molecular flexibility index (Phi) is 3.64. The van der Waals surface area contributed by atoms with Crippen molar-refractivity contribution in [2.45, 2.75) is 26.4 Å². The van der Waals surface area contributed by atoms with Crippen LogP contribution in [0.5, 0.6) is 5.75 Å². The van der Waals surface area contributed by atoms with Gasteiger partial charge in [0.25, 0.3) is 0 Å². The van der Waals surface area contributed by atoms with Gasteiger partial charge >= 0.3 is 0 Å². The van der Waals surface area contributed by atoms with E-state index in [1.807, 2.05) is 32.0 Å². The number of aromatic hydroxyl groups is 1. The van der Waals surface area contributed by atoms with Gasteiger partial charge in [-0.2, -0.15) is 0 Å². The Hall–Kier alpha value is -1.07. The minimum absolute atomic E-state index is 0.00339. The number of hydrogen-bond acceptors (Lipinski definition) is 4. The van der Waals surface area contributed by atoms with Crippen LogP contribution in [0.25, 0.3) is 0 Å². The van der Waals surface area contributed by atoms with Gasteiger partial charge < -0.3 is 5.11 Å². The largest absolute Gasteiger partial charge is 0.507 e. The molecule has 1 atom stereocenters. The number of sulfone groups is 1. The van der Waals surface area contributed by atoms with E-state index in [0.717, 1.165) is 11.1 Å². The van der Waals surface area contributed by atoms with Crippen molar-refractivity contribution in [1.82, 2.24) is 4.90 Å². The lowest BCUT2D eigenvalue weighted by Gasteiger charge is -2.33. The minimum atomic E-state index is -2.88. The molecule has 0 radical (unpaired) electrons. The molecule has 1 aromatic carbocycles. The van der Waals surface area contributed by atoms with Crippen LogP contribution in [0.1, 0.15) is 18.1 Å². The first-order valence-electron chi connectivity index (χ1n) is 6.11. The van der Waals surface area contributed by atoms with Gasteiger partial charge in [-0.05, 0) is 19.4 Å². The predicted molar refractivity (Wildman–Crippen MR) is 71.4 cm³/mol. The second-order valence-corrected chi connectivity index (χ2v) is 7.25. The van der Waals surface area contributed by atoms with E-state index in [1.165, 1.54) is 0 Å². The van der Waals surface area contributed by atoms with Gasteiger partial charge in [-0.25, -0.2) is 8.42 Å². The molecule has 1 aliphatic heterocycles. The highest BCUT2D eigenvalue weighted by Crippen LogP contribution is 2.24. The van der Waals surface area contributed by atoms with Crippen LogP contribution in [0.3, 0.4) is 0 Å². The Morgan fingerprint density at radius 3 is 2.83 bits per heavy atom. The second kappa shape index (κ2) is 4.90. The molecule has 1 aliphatic rings. The summed E-state index contributed by atoms with van der Waals surface area (Å²) in [5, 5.41) is 9.97. The summed E-state index contributed by atoms with van der Waals surface area (Å²) in [4.78, 5) is 2.11. The first kappa shape index (κ1) is 13.4. The highest BCUT2D eigenvalue weighted by atomic mass is 32.2. The molecule has 1 heterocycles. The summed E-state index contributed by atoms with van der Waals surface area (Å²) in [6, 6.07) is 5.67. The number of phenolic OH excluding ortho intramolecular Hbond substituents is 1. The molecule has 100 valence electrons. The molecule has 2 rings (SSSR count). The summed E-state index contributed by atoms with van der Waals surface area (Å²) in [5.41, 5.74) is 1.71. The van der Waals surface area contributed by atoms with Crippen LogP contribution in [-0.2, 0) is 16.4 Å². The maximum Gasteiger partial charge on any atom is 0.153 e. The van der Waals surface area contributed by atoms with Gasteiger partial charge in [0.1, 0.15) is 5.75 Å². The van der Waals surface area contributed by atoms with Crippen molar-refractivity contribution in [2.24, 2.45) is 0 Å². The molecule has 0 spiro atoms. The van der Waals surface area contributed by atoms with Crippen molar-refractivity contribution >= 4 is 9.84 Å². The summed E-state index contributed by atoms with van der Waals surface area (Å²) in [5.74, 6) is 0.738. The molecule has 1 N–H and O–H groups in total. The van der Waals surface area contributed by atoms with Crippen LogP contribution >= 0.6 is 0 Å². The molecule has 0 amide bonds. The molecular weight excluding hydrogens is 250 g/mol. The van der Waals surface area contributed by atoms with Crippen LogP contribution in [0.4, 0.5) is 0 Å². The third-order valence-corrected chi connectivity index (χ3v) is 5.30. The van der Waals surface area contributed by atoms with E-state index in [0.29, 0.717) is 18.8 Å². The zero-order valence-electron chi connectivity index (χ0n) is 10.8. The normalized spacial score (nSPS) is 24.0. The smallest absolute Gasteiger partial charge is 0.153 e. The Balaban J connectivity index is 2.13. The molecule has 0 saturated carbocycles. The molecule has 1 unspecified atom stereocenters. The van der Waals surface area contributed by atoms with E-state index in [-0.39, 0.29) is 17.5 Å². The summed E-state index contributed by atoms with van der Waals surface area (Å²) >= 11 is 0. The maximum atomic E-state index is 11.5. The Morgan fingerprint density at radius 2 is 2.17 bits per heavy atom. The van der Waals surface area contributed by atoms with E-state index < -0.39 is 9.84 Å². The third kappa shape index (κ3) is 2.84. The number of para-hydroxylation sites is 1. The van der Waals surface area contributed by atoms with E-state index in [1.54, 1.807) is 0 Å². The van der Waals surface area contributed by atoms with Crippen LogP contribution in [0, 0.1) is 6.92 Å². The number of aryl methyl sites for hydroxylation is 1. The molecule has 0 bridgehead atoms. The Bertz CT molecular complexity index is 539. The van der Waals surface area contributed by atoms with E-state index in [4.69, 9.17) is 0 Å². The summed E-state index contributed by atoms with van der Waals surface area (Å²) in [7, 11) is -2.88. The molecule has 5 heteroatoms. The Labute approximate surface area is 108 Å². The fraction of sp³-hybridized carbons (Fsp3) is 0.538. The number of phenols is 1. The highest BCUT2D eigenvalue weighted by molar-refractivity contribution is 7.91. The van der Waals surface area contributed by atoms with Gasteiger partial charge in [0.2, 0.25) is 0 Å². The standard InChI is InChI=1S/C13H19NO3S/c1-10-4-3-5-12(13(10)15)8-14-6-7-18(16,17)9-11(14)2/h3-5,11,15H,6-9H2,1-2H3. The van der Waals surface area contributed by atoms with E-state index in [9.17, 15) is 13.5 Å². The lowest BCUT2D eigenvalue weighted by Crippen LogP contribution is -2.46. The summed E-state index contributed by atoms with van der Waals surface area (Å²) in [6.45, 7) is 4.92. The van der Waals surface area contributed by atoms with Gasteiger partial charge in [-0.15, -0.1) is 0 Å². The number of benzene rings is 1. The molecule has 0 aliphatic carbocycles. The highest BCUT2D eigenvalue weighted by Gasteiger charge is 2.28. The lowest BCUT2D eigenvalue weighted by molar-refractivity contribution is 0.215. The average molecular weight is 269 g/mol. The zero-order chi connectivity index (χ0) is 13.3. The van der Waals surface area contributed by atoms with Crippen molar-refractivity contribution in [2.75, 3.05) is 18.1 Å². The third-order valence-electron chi connectivity index (χ3n) is 3.50. The summed E-state index contributed by atoms with van der Waals surface area (Å²) in [6.07, 6.45) is 0. The first-order chi connectivity index (χ1) is 8.39. The lowest BCUT2D eigenvalue weighted by atomic mass is 10.1. The molecule has 1 saturated heterocycles. The Morgan fingerprint density at radius 1 is 1.44 bits per heavy atom. The SMILES string of the molecule is Cc1cccc(CN2CCS(=O)(=O)CC2C)c1O. The van der Waals surface area contributed by atoms with Gasteiger partial charge in [-0.1, -0.05) is 18.2 Å². The zero-order valence-corrected chi connectivity index (χ0v) is 11.6. The quantitative estimate of drug-likeness (QED) is 0.879. The molecule has 1 fully saturated rings. The van der Waals surface area contributed by atoms with Crippen molar-refractivity contribution in [1.29, 1.82) is 0 Å². The van der Waals surface area contributed by atoms with Crippen LogP contribution < -0.4 is 0 Å². The van der Waals surface area contributed by atoms with Gasteiger partial charge in [0.15, 0.2) is 9.84 Å². The van der Waals surface area contributed by atoms with Gasteiger partial charge in [0, 0.05) is 24.7 Å². The fourth-order valence-corrected chi connectivity index (χ4v) is 3.96. The fourth-order valence-electron chi connectivity index (χ4n) is 2.33. The van der Waals surface area contributed by atoms with Crippen molar-refractivity contribution in [3.8, 4) is 5.75 Å². The van der Waals surface area contributed by atoms with Gasteiger partial charge in [-0.3, -0.25) is 4.90 Å². The second-order valence-electron chi connectivity index (χ2n) is 5.02. The van der Waals surface area contributed by atoms with Crippen LogP contribution in [-0.4, -0.2) is 42.5 Å². The molecule has 1 aromatic rings. The van der Waals surface area contributed by atoms with Gasteiger partial charge in [0.05, 0.1) is 11.5 Å². The molecule has 4 nitrogen and oxygen atoms in total. The van der Waals surface area contributed by atoms with Crippen molar-refractivity contribution < 1.29 is 13.5 Å². The van der Waals surface area contributed by atoms with Crippen LogP contribution in [0.2, 0.25) is 0 Å². The summed E-state index contributed by atoms with van der Waals surface area (Å²) < 4.78 is 23.0. The number of hydrogen-bond donors (Lipinski definition) is 1. The van der Waals surface area contributed by atoms with E-state index >= 15 is 0 Å². The molecular formula is C13H19NO3S. The monoisotopic (exact) mass is 269 g/mol. The number of nitrogens with zero attached hydrogens (tertiary/aromatic N) is 1. The van der Waals surface area contributed by atoms with Crippen molar-refractivity contribution in [3.63, 3.8) is 0 Å². The van der Waals surface area contributed by atoms with Crippen molar-refractivity contribution in [3.05, 3.63) is 29.3 Å². The number of rotatable bonds is 2. The van der Waals surface area contributed by atoms with Crippen LogP contribution in [0.15, 0.2) is 18.2 Å². The minimum Gasteiger partial charge on any atom is -0.507 e. The molecule has 18 heavy (non-hydrogen) atoms. The molecule has 0 aromatic heterocycles. The average Bonchev–Trinajstić information content (AvgIpc) is 2.27. The maximum absolute atomic E-state index is 11.5. The topological polar surface area (TPSA) is 57.6 Å².